The Labute approximate surface area is 174 Å². The first-order chi connectivity index (χ1) is 14.8. The zero-order chi connectivity index (χ0) is 22.0. The zero-order valence-electron chi connectivity index (χ0n) is 16.3. The highest BCUT2D eigenvalue weighted by molar-refractivity contribution is 5.99. The number of hydrogen-bond acceptors (Lipinski definition) is 5. The van der Waals surface area contributed by atoms with Crippen molar-refractivity contribution in [1.82, 2.24) is 24.8 Å². The lowest BCUT2D eigenvalue weighted by atomic mass is 10.1. The number of rotatable bonds is 5. The molecular formula is C20H19F4N5O2. The van der Waals surface area contributed by atoms with E-state index in [9.17, 15) is 22.4 Å². The van der Waals surface area contributed by atoms with Crippen LogP contribution in [0.3, 0.4) is 0 Å². The van der Waals surface area contributed by atoms with Gasteiger partial charge in [0.15, 0.2) is 11.3 Å². The van der Waals surface area contributed by atoms with Crippen molar-refractivity contribution in [3.8, 4) is 11.3 Å². The summed E-state index contributed by atoms with van der Waals surface area (Å²) in [5, 5.41) is 6.44. The van der Waals surface area contributed by atoms with Crippen LogP contribution in [0, 0.1) is 5.82 Å². The molecule has 11 heteroatoms. The fourth-order valence-corrected chi connectivity index (χ4v) is 3.34. The summed E-state index contributed by atoms with van der Waals surface area (Å²) < 4.78 is 60.0. The molecule has 1 N–H and O–H groups in total. The van der Waals surface area contributed by atoms with E-state index in [1.807, 2.05) is 0 Å². The predicted molar refractivity (Wildman–Crippen MR) is 103 cm³/mol. The number of benzene rings is 1. The molecule has 1 aromatic carbocycles. The monoisotopic (exact) mass is 437 g/mol. The molecule has 0 unspecified atom stereocenters. The lowest BCUT2D eigenvalue weighted by Crippen LogP contribution is -2.41. The first-order valence-corrected chi connectivity index (χ1v) is 9.63. The highest BCUT2D eigenvalue weighted by atomic mass is 19.4. The van der Waals surface area contributed by atoms with Crippen LogP contribution in [0.2, 0.25) is 0 Å². The molecular weight excluding hydrogens is 418 g/mol. The Balaban J connectivity index is 1.63. The van der Waals surface area contributed by atoms with E-state index in [0.717, 1.165) is 37.5 Å². The van der Waals surface area contributed by atoms with E-state index in [1.165, 1.54) is 12.1 Å². The lowest BCUT2D eigenvalue weighted by Gasteiger charge is -2.26. The minimum Gasteiger partial charge on any atom is -0.379 e. The van der Waals surface area contributed by atoms with E-state index in [0.29, 0.717) is 30.8 Å². The second-order valence-electron chi connectivity index (χ2n) is 7.03. The predicted octanol–water partition coefficient (Wildman–Crippen LogP) is 2.62. The average Bonchev–Trinajstić information content (AvgIpc) is 3.17. The van der Waals surface area contributed by atoms with Crippen LogP contribution in [-0.4, -0.2) is 64.8 Å². The maximum absolute atomic E-state index is 13.6. The summed E-state index contributed by atoms with van der Waals surface area (Å²) in [7, 11) is 0. The first kappa shape index (κ1) is 21.2. The van der Waals surface area contributed by atoms with E-state index in [-0.39, 0.29) is 22.5 Å². The van der Waals surface area contributed by atoms with Crippen LogP contribution in [0.15, 0.2) is 36.5 Å². The maximum Gasteiger partial charge on any atom is 0.433 e. The van der Waals surface area contributed by atoms with Gasteiger partial charge in [-0.1, -0.05) is 0 Å². The number of hydrogen-bond donors (Lipinski definition) is 1. The molecule has 0 aliphatic carbocycles. The van der Waals surface area contributed by atoms with Gasteiger partial charge in [0, 0.05) is 31.7 Å². The molecule has 1 amide bonds. The third-order valence-corrected chi connectivity index (χ3v) is 4.96. The number of halogens is 4. The molecule has 1 aliphatic heterocycles. The third-order valence-electron chi connectivity index (χ3n) is 4.96. The van der Waals surface area contributed by atoms with Crippen LogP contribution in [0.4, 0.5) is 17.6 Å². The number of carbonyl (C=O) groups is 1. The number of morpholine rings is 1. The van der Waals surface area contributed by atoms with Gasteiger partial charge in [-0.3, -0.25) is 9.69 Å². The minimum absolute atomic E-state index is 0.0392. The molecule has 3 aromatic rings. The highest BCUT2D eigenvalue weighted by Crippen LogP contribution is 2.32. The SMILES string of the molecule is O=C(NCCN1CCOCC1)c1cnn2c(C(F)(F)F)cc(-c3ccc(F)cc3)nc12. The maximum atomic E-state index is 13.6. The quantitative estimate of drug-likeness (QED) is 0.622. The number of alkyl halides is 3. The van der Waals surface area contributed by atoms with Gasteiger partial charge >= 0.3 is 6.18 Å². The molecule has 2 aromatic heterocycles. The van der Waals surface area contributed by atoms with Crippen molar-refractivity contribution in [2.45, 2.75) is 6.18 Å². The summed E-state index contributed by atoms with van der Waals surface area (Å²) in [6.45, 7) is 3.67. The zero-order valence-corrected chi connectivity index (χ0v) is 16.3. The van der Waals surface area contributed by atoms with Crippen LogP contribution < -0.4 is 5.32 Å². The molecule has 0 radical (unpaired) electrons. The van der Waals surface area contributed by atoms with Gasteiger partial charge in [0.05, 0.1) is 25.1 Å². The molecule has 31 heavy (non-hydrogen) atoms. The molecule has 1 saturated heterocycles. The molecule has 3 heterocycles. The Kier molecular flexibility index (Phi) is 5.88. The van der Waals surface area contributed by atoms with Gasteiger partial charge in [-0.2, -0.15) is 18.3 Å². The average molecular weight is 437 g/mol. The number of fused-ring (bicyclic) bond motifs is 1. The second kappa shape index (κ2) is 8.60. The van der Waals surface area contributed by atoms with E-state index in [2.05, 4.69) is 20.3 Å². The molecule has 164 valence electrons. The number of ether oxygens (including phenoxy) is 1. The molecule has 1 fully saturated rings. The fourth-order valence-electron chi connectivity index (χ4n) is 3.34. The van der Waals surface area contributed by atoms with Crippen molar-refractivity contribution in [2.75, 3.05) is 39.4 Å². The van der Waals surface area contributed by atoms with Crippen molar-refractivity contribution in [1.29, 1.82) is 0 Å². The van der Waals surface area contributed by atoms with Gasteiger partial charge < -0.3 is 10.1 Å². The van der Waals surface area contributed by atoms with E-state index < -0.39 is 23.6 Å². The largest absolute Gasteiger partial charge is 0.433 e. The van der Waals surface area contributed by atoms with Gasteiger partial charge in [-0.25, -0.2) is 13.9 Å². The summed E-state index contributed by atoms with van der Waals surface area (Å²) >= 11 is 0. The smallest absolute Gasteiger partial charge is 0.379 e. The first-order valence-electron chi connectivity index (χ1n) is 9.63. The molecule has 0 atom stereocenters. The number of aromatic nitrogens is 3. The number of nitrogens with zero attached hydrogens (tertiary/aromatic N) is 4. The van der Waals surface area contributed by atoms with Gasteiger partial charge in [-0.05, 0) is 30.3 Å². The summed E-state index contributed by atoms with van der Waals surface area (Å²) in [5.41, 5.74) is -1.13. The van der Waals surface area contributed by atoms with Gasteiger partial charge in [-0.15, -0.1) is 0 Å². The van der Waals surface area contributed by atoms with E-state index in [4.69, 9.17) is 4.74 Å². The van der Waals surface area contributed by atoms with Crippen LogP contribution in [-0.2, 0) is 10.9 Å². The Morgan fingerprint density at radius 2 is 1.87 bits per heavy atom. The summed E-state index contributed by atoms with van der Waals surface area (Å²) in [5.74, 6) is -1.09. The van der Waals surface area contributed by atoms with Crippen LogP contribution >= 0.6 is 0 Å². The van der Waals surface area contributed by atoms with E-state index in [1.54, 1.807) is 0 Å². The minimum atomic E-state index is -4.73. The molecule has 0 bridgehead atoms. The Bertz CT molecular complexity index is 1080. The van der Waals surface area contributed by atoms with Gasteiger partial charge in [0.1, 0.15) is 11.4 Å². The molecule has 0 spiro atoms. The third kappa shape index (κ3) is 4.67. The van der Waals surface area contributed by atoms with Crippen LogP contribution in [0.5, 0.6) is 0 Å². The number of nitrogens with one attached hydrogen (secondary N) is 1. The van der Waals surface area contributed by atoms with Crippen molar-refractivity contribution in [3.63, 3.8) is 0 Å². The van der Waals surface area contributed by atoms with Crippen molar-refractivity contribution in [3.05, 3.63) is 53.6 Å². The van der Waals surface area contributed by atoms with E-state index >= 15 is 0 Å². The summed E-state index contributed by atoms with van der Waals surface area (Å²) in [4.78, 5) is 19.0. The van der Waals surface area contributed by atoms with Crippen LogP contribution in [0.1, 0.15) is 16.1 Å². The van der Waals surface area contributed by atoms with Gasteiger partial charge in [0.25, 0.3) is 5.91 Å². The molecule has 4 rings (SSSR count). The lowest BCUT2D eigenvalue weighted by molar-refractivity contribution is -0.142. The van der Waals surface area contributed by atoms with Crippen molar-refractivity contribution < 1.29 is 27.1 Å². The topological polar surface area (TPSA) is 71.8 Å². The standard InChI is InChI=1S/C20H19F4N5O2/c21-14-3-1-13(2-4-14)16-11-17(20(22,23)24)29-18(27-16)15(12-26-29)19(30)25-5-6-28-7-9-31-10-8-28/h1-4,11-12H,5-10H2,(H,25,30). The van der Waals surface area contributed by atoms with Gasteiger partial charge in [0.2, 0.25) is 0 Å². The van der Waals surface area contributed by atoms with Crippen molar-refractivity contribution in [2.24, 2.45) is 0 Å². The summed E-state index contributed by atoms with van der Waals surface area (Å²) in [6, 6.07) is 5.74. The fraction of sp³-hybridized carbons (Fsp3) is 0.350. The van der Waals surface area contributed by atoms with Crippen molar-refractivity contribution >= 4 is 11.6 Å². The summed E-state index contributed by atoms with van der Waals surface area (Å²) in [6.07, 6.45) is -3.66. The highest BCUT2D eigenvalue weighted by Gasteiger charge is 2.36. The Hall–Kier alpha value is -3.05. The normalized spacial score (nSPS) is 15.4. The second-order valence-corrected chi connectivity index (χ2v) is 7.03. The van der Waals surface area contributed by atoms with Crippen LogP contribution in [0.25, 0.3) is 16.9 Å². The Morgan fingerprint density at radius 1 is 1.16 bits per heavy atom. The Morgan fingerprint density at radius 3 is 2.55 bits per heavy atom. The number of carbonyl (C=O) groups excluding carboxylic acids is 1. The molecule has 0 saturated carbocycles. The number of amides is 1. The molecule has 1 aliphatic rings. The molecule has 7 nitrogen and oxygen atoms in total.